The maximum absolute atomic E-state index is 9.62. The number of phenols is 2. The molecule has 3 rings (SSSR count). The number of nitrogens with zero attached hydrogens (tertiary/aromatic N) is 4. The van der Waals surface area contributed by atoms with E-state index in [-0.39, 0.29) is 11.5 Å². The summed E-state index contributed by atoms with van der Waals surface area (Å²) in [4.78, 5) is 0.775. The molecule has 0 saturated carbocycles. The second-order valence-electron chi connectivity index (χ2n) is 4.42. The molecule has 0 aliphatic rings. The van der Waals surface area contributed by atoms with Crippen LogP contribution in [0.15, 0.2) is 52.5 Å². The van der Waals surface area contributed by atoms with E-state index in [0.29, 0.717) is 5.16 Å². The molecule has 0 bridgehead atoms. The maximum Gasteiger partial charge on any atom is 0.218 e. The average molecular weight is 300 g/mol. The molecule has 0 aliphatic carbocycles. The number of aromatic hydroxyl groups is 2. The number of phenolic OH excluding ortho intramolecular Hbond substituents is 2. The van der Waals surface area contributed by atoms with Gasteiger partial charge in [-0.3, -0.25) is 0 Å². The summed E-state index contributed by atoms with van der Waals surface area (Å²) in [7, 11) is 0. The van der Waals surface area contributed by atoms with E-state index >= 15 is 0 Å². The van der Waals surface area contributed by atoms with Crippen molar-refractivity contribution >= 4 is 11.8 Å². The molecule has 2 N–H and O–H groups in total. The van der Waals surface area contributed by atoms with Gasteiger partial charge in [-0.1, -0.05) is 18.2 Å². The monoisotopic (exact) mass is 300 g/mol. The first-order valence-electron chi connectivity index (χ1n) is 6.19. The number of aromatic nitrogens is 4. The molecule has 0 amide bonds. The normalized spacial score (nSPS) is 10.7. The van der Waals surface area contributed by atoms with Gasteiger partial charge in [0.15, 0.2) is 11.5 Å². The van der Waals surface area contributed by atoms with Gasteiger partial charge in [0, 0.05) is 4.90 Å². The SMILES string of the molecule is Cc1cc(O)c(O)cc1Sc1nnnn1-c1ccccc1. The summed E-state index contributed by atoms with van der Waals surface area (Å²) < 4.78 is 1.62. The summed E-state index contributed by atoms with van der Waals surface area (Å²) in [6.07, 6.45) is 0. The van der Waals surface area contributed by atoms with E-state index in [2.05, 4.69) is 15.5 Å². The van der Waals surface area contributed by atoms with Crippen LogP contribution in [0.3, 0.4) is 0 Å². The highest BCUT2D eigenvalue weighted by Gasteiger charge is 2.13. The minimum Gasteiger partial charge on any atom is -0.504 e. The highest BCUT2D eigenvalue weighted by atomic mass is 32.2. The molecule has 1 heterocycles. The third-order valence-electron chi connectivity index (χ3n) is 2.92. The fraction of sp³-hybridized carbons (Fsp3) is 0.0714. The summed E-state index contributed by atoms with van der Waals surface area (Å²) in [5.74, 6) is -0.304. The van der Waals surface area contributed by atoms with Gasteiger partial charge in [0.05, 0.1) is 5.69 Å². The van der Waals surface area contributed by atoms with Crippen molar-refractivity contribution in [3.05, 3.63) is 48.0 Å². The second kappa shape index (κ2) is 5.45. The summed E-state index contributed by atoms with van der Waals surface area (Å²) in [6, 6.07) is 12.5. The average Bonchev–Trinajstić information content (AvgIpc) is 2.94. The summed E-state index contributed by atoms with van der Waals surface area (Å²) >= 11 is 1.32. The first-order valence-corrected chi connectivity index (χ1v) is 7.01. The molecule has 7 heteroatoms. The molecule has 0 radical (unpaired) electrons. The smallest absolute Gasteiger partial charge is 0.218 e. The van der Waals surface area contributed by atoms with Crippen molar-refractivity contribution in [3.8, 4) is 17.2 Å². The molecular formula is C14H12N4O2S. The lowest BCUT2D eigenvalue weighted by Gasteiger charge is -2.07. The van der Waals surface area contributed by atoms with Gasteiger partial charge in [-0.05, 0) is 58.9 Å². The Morgan fingerprint density at radius 1 is 1.05 bits per heavy atom. The molecule has 21 heavy (non-hydrogen) atoms. The number of para-hydroxylation sites is 1. The summed E-state index contributed by atoms with van der Waals surface area (Å²) in [5.41, 5.74) is 1.68. The molecule has 3 aromatic rings. The Kier molecular flexibility index (Phi) is 3.49. The Bertz CT molecular complexity index is 774. The molecule has 0 aliphatic heterocycles. The quantitative estimate of drug-likeness (QED) is 0.723. The van der Waals surface area contributed by atoms with Gasteiger partial charge in [0.1, 0.15) is 0 Å². The van der Waals surface area contributed by atoms with E-state index in [1.807, 2.05) is 37.3 Å². The van der Waals surface area contributed by atoms with E-state index in [9.17, 15) is 10.2 Å². The number of hydrogen-bond acceptors (Lipinski definition) is 6. The number of aryl methyl sites for hydroxylation is 1. The van der Waals surface area contributed by atoms with Gasteiger partial charge in [-0.15, -0.1) is 5.10 Å². The zero-order valence-corrected chi connectivity index (χ0v) is 11.9. The lowest BCUT2D eigenvalue weighted by Crippen LogP contribution is -1.98. The van der Waals surface area contributed by atoms with Crippen molar-refractivity contribution in [2.75, 3.05) is 0 Å². The van der Waals surface area contributed by atoms with E-state index in [4.69, 9.17) is 0 Å². The number of hydrogen-bond donors (Lipinski definition) is 2. The van der Waals surface area contributed by atoms with Crippen LogP contribution in [-0.4, -0.2) is 30.4 Å². The molecule has 6 nitrogen and oxygen atoms in total. The highest BCUT2D eigenvalue weighted by molar-refractivity contribution is 7.99. The van der Waals surface area contributed by atoms with Crippen LogP contribution in [0, 0.1) is 6.92 Å². The molecule has 0 atom stereocenters. The Morgan fingerprint density at radius 3 is 2.52 bits per heavy atom. The van der Waals surface area contributed by atoms with Crippen LogP contribution in [0.2, 0.25) is 0 Å². The summed E-state index contributed by atoms with van der Waals surface area (Å²) in [6.45, 7) is 1.85. The van der Waals surface area contributed by atoms with Crippen LogP contribution in [0.25, 0.3) is 5.69 Å². The van der Waals surface area contributed by atoms with Crippen molar-refractivity contribution in [2.45, 2.75) is 17.0 Å². The standard InChI is InChI=1S/C14H12N4O2S/c1-9-7-11(19)12(20)8-13(9)21-14-15-16-17-18(14)10-5-3-2-4-6-10/h2-8,19-20H,1H3. The van der Waals surface area contributed by atoms with Crippen molar-refractivity contribution in [3.63, 3.8) is 0 Å². The highest BCUT2D eigenvalue weighted by Crippen LogP contribution is 2.36. The third kappa shape index (κ3) is 2.68. The molecule has 0 unspecified atom stereocenters. The van der Waals surface area contributed by atoms with E-state index in [1.165, 1.54) is 23.9 Å². The van der Waals surface area contributed by atoms with Gasteiger partial charge in [-0.2, -0.15) is 4.68 Å². The third-order valence-corrected chi connectivity index (χ3v) is 4.01. The zero-order valence-electron chi connectivity index (χ0n) is 11.1. The predicted octanol–water partition coefficient (Wildman–Crippen LogP) is 2.53. The first kappa shape index (κ1) is 13.4. The maximum atomic E-state index is 9.62. The predicted molar refractivity (Wildman–Crippen MR) is 77.8 cm³/mol. The number of benzene rings is 2. The Labute approximate surface area is 125 Å². The molecule has 106 valence electrons. The van der Waals surface area contributed by atoms with E-state index in [0.717, 1.165) is 16.1 Å². The molecule has 0 saturated heterocycles. The fourth-order valence-corrected chi connectivity index (χ4v) is 2.74. The topological polar surface area (TPSA) is 84.1 Å². The van der Waals surface area contributed by atoms with Crippen LogP contribution in [0.5, 0.6) is 11.5 Å². The minimum absolute atomic E-state index is 0.139. The number of tetrazole rings is 1. The van der Waals surface area contributed by atoms with Crippen molar-refractivity contribution in [1.29, 1.82) is 0 Å². The van der Waals surface area contributed by atoms with Crippen molar-refractivity contribution in [2.24, 2.45) is 0 Å². The van der Waals surface area contributed by atoms with Gasteiger partial charge < -0.3 is 10.2 Å². The fourth-order valence-electron chi connectivity index (χ4n) is 1.84. The molecule has 1 aromatic heterocycles. The molecule has 2 aromatic carbocycles. The van der Waals surface area contributed by atoms with Gasteiger partial charge >= 0.3 is 0 Å². The lowest BCUT2D eigenvalue weighted by molar-refractivity contribution is 0.402. The van der Waals surface area contributed by atoms with Crippen molar-refractivity contribution in [1.82, 2.24) is 20.2 Å². The van der Waals surface area contributed by atoms with E-state index in [1.54, 1.807) is 4.68 Å². The van der Waals surface area contributed by atoms with Gasteiger partial charge in [0.2, 0.25) is 5.16 Å². The first-order chi connectivity index (χ1) is 10.1. The Hall–Kier alpha value is -2.54. The van der Waals surface area contributed by atoms with Gasteiger partial charge in [-0.25, -0.2) is 0 Å². The van der Waals surface area contributed by atoms with Gasteiger partial charge in [0.25, 0.3) is 0 Å². The second-order valence-corrected chi connectivity index (χ2v) is 5.43. The van der Waals surface area contributed by atoms with Crippen LogP contribution < -0.4 is 0 Å². The lowest BCUT2D eigenvalue weighted by atomic mass is 10.2. The molecule has 0 spiro atoms. The Balaban J connectivity index is 1.97. The van der Waals surface area contributed by atoms with E-state index < -0.39 is 0 Å². The summed E-state index contributed by atoms with van der Waals surface area (Å²) in [5, 5.41) is 31.3. The minimum atomic E-state index is -0.165. The van der Waals surface area contributed by atoms with Crippen LogP contribution in [-0.2, 0) is 0 Å². The number of rotatable bonds is 3. The zero-order chi connectivity index (χ0) is 14.8. The molecule has 0 fully saturated rings. The van der Waals surface area contributed by atoms with Crippen LogP contribution in [0.4, 0.5) is 0 Å². The molecular weight excluding hydrogens is 288 g/mol. The van der Waals surface area contributed by atoms with Crippen LogP contribution >= 0.6 is 11.8 Å². The largest absolute Gasteiger partial charge is 0.504 e. The van der Waals surface area contributed by atoms with Crippen LogP contribution in [0.1, 0.15) is 5.56 Å². The van der Waals surface area contributed by atoms with Crippen molar-refractivity contribution < 1.29 is 10.2 Å². The Morgan fingerprint density at radius 2 is 1.76 bits per heavy atom.